The zero-order chi connectivity index (χ0) is 15.0. The van der Waals surface area contributed by atoms with Gasteiger partial charge in [-0.1, -0.05) is 29.8 Å². The topological polar surface area (TPSA) is 58.7 Å². The van der Waals surface area contributed by atoms with E-state index in [4.69, 9.17) is 0 Å². The molecule has 0 aliphatic heterocycles. The second kappa shape index (κ2) is 4.88. The summed E-state index contributed by atoms with van der Waals surface area (Å²) in [5, 5.41) is 10.00. The lowest BCUT2D eigenvalue weighted by Gasteiger charge is -2.12. The average molecular weight is 275 g/mol. The third-order valence-electron chi connectivity index (χ3n) is 3.56. The number of hydrogen-bond acceptors (Lipinski definition) is 3. The maximum absolute atomic E-state index is 12.3. The zero-order valence-corrected chi connectivity index (χ0v) is 11.8. The monoisotopic (exact) mass is 275 g/mol. The molecule has 0 amide bonds. The van der Waals surface area contributed by atoms with E-state index in [-0.39, 0.29) is 5.56 Å². The van der Waals surface area contributed by atoms with E-state index in [2.05, 4.69) is 11.1 Å². The van der Waals surface area contributed by atoms with Crippen LogP contribution in [0.5, 0.6) is 0 Å². The highest BCUT2D eigenvalue weighted by molar-refractivity contribution is 5.95. The summed E-state index contributed by atoms with van der Waals surface area (Å²) in [4.78, 5) is 16.7. The molecule has 21 heavy (non-hydrogen) atoms. The molecule has 0 atom stereocenters. The van der Waals surface area contributed by atoms with Crippen molar-refractivity contribution < 1.29 is 0 Å². The van der Waals surface area contributed by atoms with Gasteiger partial charge in [0.1, 0.15) is 11.8 Å². The normalized spacial score (nSPS) is 10.5. The van der Waals surface area contributed by atoms with Crippen LogP contribution in [0.1, 0.15) is 11.3 Å². The molecular weight excluding hydrogens is 262 g/mol. The first kappa shape index (κ1) is 13.1. The van der Waals surface area contributed by atoms with Crippen molar-refractivity contribution >= 4 is 10.9 Å². The minimum Gasteiger partial charge on any atom is -0.302 e. The molecule has 2 aromatic heterocycles. The lowest BCUT2D eigenvalue weighted by atomic mass is 9.99. The van der Waals surface area contributed by atoms with Crippen LogP contribution in [0.3, 0.4) is 0 Å². The molecule has 0 unspecified atom stereocenters. The van der Waals surface area contributed by atoms with Gasteiger partial charge in [0.05, 0.1) is 10.9 Å². The largest absolute Gasteiger partial charge is 0.302 e. The molecule has 0 aliphatic carbocycles. The molecule has 1 aromatic carbocycles. The molecule has 3 aromatic rings. The Bertz CT molecular complexity index is 948. The van der Waals surface area contributed by atoms with E-state index >= 15 is 0 Å². The average Bonchev–Trinajstić information content (AvgIpc) is 2.50. The van der Waals surface area contributed by atoms with E-state index in [1.54, 1.807) is 25.4 Å². The van der Waals surface area contributed by atoms with Crippen LogP contribution in [0.15, 0.2) is 47.4 Å². The third kappa shape index (κ3) is 2.00. The third-order valence-corrected chi connectivity index (χ3v) is 3.56. The lowest BCUT2D eigenvalue weighted by Crippen LogP contribution is -2.21. The number of hydrogen-bond donors (Lipinski definition) is 0. The quantitative estimate of drug-likeness (QED) is 0.686. The van der Waals surface area contributed by atoms with Gasteiger partial charge in [-0.05, 0) is 24.6 Å². The highest BCUT2D eigenvalue weighted by Crippen LogP contribution is 2.29. The molecule has 0 N–H and O–H groups in total. The van der Waals surface area contributed by atoms with Gasteiger partial charge in [-0.2, -0.15) is 5.26 Å². The fourth-order valence-corrected chi connectivity index (χ4v) is 2.54. The Morgan fingerprint density at radius 1 is 1.24 bits per heavy atom. The molecule has 0 saturated carbocycles. The SMILES string of the molecule is Cc1cccc(-c2c(C#N)n(C)c(=O)c3cccnc23)c1. The number of fused-ring (bicyclic) bond motifs is 1. The van der Waals surface area contributed by atoms with Gasteiger partial charge >= 0.3 is 0 Å². The Hall–Kier alpha value is -2.93. The van der Waals surface area contributed by atoms with E-state index in [0.717, 1.165) is 11.1 Å². The van der Waals surface area contributed by atoms with Crippen molar-refractivity contribution in [2.24, 2.45) is 7.05 Å². The maximum atomic E-state index is 12.3. The van der Waals surface area contributed by atoms with Gasteiger partial charge in [-0.3, -0.25) is 9.78 Å². The standard InChI is InChI=1S/C17H13N3O/c1-11-5-3-6-12(9-11)15-14(10-18)20(2)17(21)13-7-4-8-19-16(13)15/h3-9H,1-2H3. The van der Waals surface area contributed by atoms with E-state index in [1.165, 1.54) is 4.57 Å². The predicted octanol–water partition coefficient (Wildman–Crippen LogP) is 2.78. The number of benzene rings is 1. The number of aromatic nitrogens is 2. The first-order valence-corrected chi connectivity index (χ1v) is 6.58. The second-order valence-electron chi connectivity index (χ2n) is 4.97. The Morgan fingerprint density at radius 3 is 2.76 bits per heavy atom. The minimum atomic E-state index is -0.203. The molecule has 3 rings (SSSR count). The van der Waals surface area contributed by atoms with Gasteiger partial charge in [-0.15, -0.1) is 0 Å². The number of nitriles is 1. The van der Waals surface area contributed by atoms with E-state index in [1.807, 2.05) is 31.2 Å². The highest BCUT2D eigenvalue weighted by atomic mass is 16.1. The molecule has 0 fully saturated rings. The highest BCUT2D eigenvalue weighted by Gasteiger charge is 2.16. The minimum absolute atomic E-state index is 0.203. The van der Waals surface area contributed by atoms with Crippen LogP contribution < -0.4 is 5.56 Å². The van der Waals surface area contributed by atoms with E-state index in [9.17, 15) is 10.1 Å². The van der Waals surface area contributed by atoms with Crippen LogP contribution in [0, 0.1) is 18.3 Å². The van der Waals surface area contributed by atoms with Crippen LogP contribution in [-0.2, 0) is 7.05 Å². The summed E-state index contributed by atoms with van der Waals surface area (Å²) in [5.74, 6) is 0. The Kier molecular flexibility index (Phi) is 3.03. The first-order chi connectivity index (χ1) is 10.1. The number of aryl methyl sites for hydroxylation is 1. The number of nitrogens with zero attached hydrogens (tertiary/aromatic N) is 3. The van der Waals surface area contributed by atoms with Gasteiger partial charge in [-0.25, -0.2) is 0 Å². The van der Waals surface area contributed by atoms with Crippen LogP contribution in [-0.4, -0.2) is 9.55 Å². The lowest BCUT2D eigenvalue weighted by molar-refractivity contribution is 0.855. The van der Waals surface area contributed by atoms with Crippen LogP contribution in [0.4, 0.5) is 0 Å². The molecule has 2 heterocycles. The first-order valence-electron chi connectivity index (χ1n) is 6.58. The fourth-order valence-electron chi connectivity index (χ4n) is 2.54. The smallest absolute Gasteiger partial charge is 0.260 e. The summed E-state index contributed by atoms with van der Waals surface area (Å²) < 4.78 is 1.39. The van der Waals surface area contributed by atoms with Crippen molar-refractivity contribution in [2.75, 3.05) is 0 Å². The maximum Gasteiger partial charge on any atom is 0.260 e. The van der Waals surface area contributed by atoms with Gasteiger partial charge in [0.15, 0.2) is 0 Å². The van der Waals surface area contributed by atoms with Crippen LogP contribution in [0.2, 0.25) is 0 Å². The summed E-state index contributed by atoms with van der Waals surface area (Å²) in [5.41, 5.74) is 3.39. The molecule has 0 aliphatic rings. The number of pyridine rings is 2. The van der Waals surface area contributed by atoms with Crippen molar-refractivity contribution in [2.45, 2.75) is 6.92 Å². The molecule has 102 valence electrons. The summed E-state index contributed by atoms with van der Waals surface area (Å²) >= 11 is 0. The molecular formula is C17H13N3O. The Balaban J connectivity index is 2.55. The second-order valence-corrected chi connectivity index (χ2v) is 4.97. The fraction of sp³-hybridized carbons (Fsp3) is 0.118. The van der Waals surface area contributed by atoms with Gasteiger partial charge in [0, 0.05) is 18.8 Å². The van der Waals surface area contributed by atoms with E-state index < -0.39 is 0 Å². The van der Waals surface area contributed by atoms with Crippen molar-refractivity contribution in [3.05, 3.63) is 64.2 Å². The molecule has 0 radical (unpaired) electrons. The van der Waals surface area contributed by atoms with Gasteiger partial charge < -0.3 is 4.57 Å². The molecule has 4 heteroatoms. The molecule has 0 spiro atoms. The Morgan fingerprint density at radius 2 is 2.05 bits per heavy atom. The summed E-state index contributed by atoms with van der Waals surface area (Å²) in [6.07, 6.45) is 1.64. The molecule has 0 bridgehead atoms. The zero-order valence-electron chi connectivity index (χ0n) is 11.8. The van der Waals surface area contributed by atoms with Gasteiger partial charge in [0.25, 0.3) is 5.56 Å². The van der Waals surface area contributed by atoms with Crippen molar-refractivity contribution in [3.8, 4) is 17.2 Å². The predicted molar refractivity (Wildman–Crippen MR) is 81.9 cm³/mol. The molecule has 0 saturated heterocycles. The van der Waals surface area contributed by atoms with E-state index in [0.29, 0.717) is 22.2 Å². The van der Waals surface area contributed by atoms with Crippen LogP contribution in [0.25, 0.3) is 22.0 Å². The molecule has 4 nitrogen and oxygen atoms in total. The Labute approximate surface area is 121 Å². The van der Waals surface area contributed by atoms with Crippen molar-refractivity contribution in [3.63, 3.8) is 0 Å². The van der Waals surface area contributed by atoms with Crippen molar-refractivity contribution in [1.82, 2.24) is 9.55 Å². The summed E-state index contributed by atoms with van der Waals surface area (Å²) in [6, 6.07) is 13.5. The number of rotatable bonds is 1. The van der Waals surface area contributed by atoms with Gasteiger partial charge in [0.2, 0.25) is 0 Å². The summed E-state index contributed by atoms with van der Waals surface area (Å²) in [6.45, 7) is 1.99. The summed E-state index contributed by atoms with van der Waals surface area (Å²) in [7, 11) is 1.62. The van der Waals surface area contributed by atoms with Crippen LogP contribution >= 0.6 is 0 Å². The van der Waals surface area contributed by atoms with Crippen molar-refractivity contribution in [1.29, 1.82) is 5.26 Å².